The Hall–Kier alpha value is -3.38. The number of amides is 2. The Balaban J connectivity index is 1.64. The minimum atomic E-state index is -0.233. The second-order valence-electron chi connectivity index (χ2n) is 6.23. The van der Waals surface area contributed by atoms with Crippen LogP contribution < -0.4 is 16.0 Å². The molecule has 2 aromatic carbocycles. The van der Waals surface area contributed by atoms with Crippen molar-refractivity contribution in [2.75, 3.05) is 18.4 Å². The Bertz CT molecular complexity index is 908. The molecule has 28 heavy (non-hydrogen) atoms. The van der Waals surface area contributed by atoms with Crippen molar-refractivity contribution in [3.63, 3.8) is 0 Å². The molecule has 0 aliphatic rings. The van der Waals surface area contributed by atoms with Crippen molar-refractivity contribution in [1.29, 1.82) is 0 Å². The van der Waals surface area contributed by atoms with Crippen LogP contribution in [0.3, 0.4) is 0 Å². The van der Waals surface area contributed by atoms with Crippen molar-refractivity contribution in [3.05, 3.63) is 89.9 Å². The lowest BCUT2D eigenvalue weighted by Crippen LogP contribution is -2.31. The molecule has 3 aromatic rings. The number of anilines is 1. The summed E-state index contributed by atoms with van der Waals surface area (Å²) < 4.78 is 5.53. The van der Waals surface area contributed by atoms with Gasteiger partial charge in [-0.15, -0.1) is 0 Å². The Morgan fingerprint density at radius 2 is 1.82 bits per heavy atom. The van der Waals surface area contributed by atoms with Crippen LogP contribution in [0.2, 0.25) is 0 Å². The van der Waals surface area contributed by atoms with Gasteiger partial charge in [-0.25, -0.2) is 0 Å². The molecule has 0 aliphatic carbocycles. The van der Waals surface area contributed by atoms with Crippen molar-refractivity contribution in [3.8, 4) is 0 Å². The van der Waals surface area contributed by atoms with E-state index >= 15 is 0 Å². The molecule has 0 spiro atoms. The summed E-state index contributed by atoms with van der Waals surface area (Å²) in [7, 11) is 0. The zero-order valence-electron chi connectivity index (χ0n) is 15.6. The van der Waals surface area contributed by atoms with E-state index in [-0.39, 0.29) is 24.4 Å². The first-order chi connectivity index (χ1) is 13.7. The summed E-state index contributed by atoms with van der Waals surface area (Å²) >= 11 is 0. The first kappa shape index (κ1) is 19.4. The van der Waals surface area contributed by atoms with E-state index < -0.39 is 0 Å². The standard InChI is InChI=1S/C22H23N3O3/c1-2-23-22(27)17-10-6-11-18(14-17)25-20(26)15-24-21(19-12-7-13-28-19)16-8-4-3-5-9-16/h3-14,21,24H,2,15H2,1H3,(H,23,27)(H,25,26)/t21-/m0/s1. The number of hydrogen-bond donors (Lipinski definition) is 3. The fraction of sp³-hybridized carbons (Fsp3) is 0.182. The molecule has 1 atom stereocenters. The average molecular weight is 377 g/mol. The maximum absolute atomic E-state index is 12.4. The number of rotatable bonds is 8. The van der Waals surface area contributed by atoms with Crippen LogP contribution in [-0.4, -0.2) is 24.9 Å². The van der Waals surface area contributed by atoms with Gasteiger partial charge in [0.2, 0.25) is 5.91 Å². The van der Waals surface area contributed by atoms with Crippen LogP contribution in [-0.2, 0) is 4.79 Å². The Morgan fingerprint density at radius 1 is 1.00 bits per heavy atom. The number of furan rings is 1. The van der Waals surface area contributed by atoms with Gasteiger partial charge in [0.1, 0.15) is 5.76 Å². The van der Waals surface area contributed by atoms with Gasteiger partial charge in [-0.05, 0) is 42.8 Å². The largest absolute Gasteiger partial charge is 0.467 e. The minimum absolute atomic E-state index is 0.0889. The normalized spacial score (nSPS) is 11.6. The highest BCUT2D eigenvalue weighted by atomic mass is 16.3. The van der Waals surface area contributed by atoms with E-state index in [0.717, 1.165) is 11.3 Å². The van der Waals surface area contributed by atoms with E-state index in [1.54, 1.807) is 30.5 Å². The minimum Gasteiger partial charge on any atom is -0.467 e. The maximum atomic E-state index is 12.4. The molecule has 6 nitrogen and oxygen atoms in total. The predicted octanol–water partition coefficient (Wildman–Crippen LogP) is 3.35. The second-order valence-corrected chi connectivity index (χ2v) is 6.23. The molecule has 0 saturated carbocycles. The Morgan fingerprint density at radius 3 is 2.54 bits per heavy atom. The van der Waals surface area contributed by atoms with Gasteiger partial charge in [-0.1, -0.05) is 36.4 Å². The summed E-state index contributed by atoms with van der Waals surface area (Å²) in [6.07, 6.45) is 1.61. The molecule has 0 fully saturated rings. The van der Waals surface area contributed by atoms with Crippen molar-refractivity contribution in [2.24, 2.45) is 0 Å². The molecule has 0 unspecified atom stereocenters. The quantitative estimate of drug-likeness (QED) is 0.562. The molecule has 0 aliphatic heterocycles. The van der Waals surface area contributed by atoms with Crippen molar-refractivity contribution >= 4 is 17.5 Å². The lowest BCUT2D eigenvalue weighted by Gasteiger charge is -2.17. The molecule has 3 rings (SSSR count). The van der Waals surface area contributed by atoms with Gasteiger partial charge in [0.05, 0.1) is 18.8 Å². The molecule has 0 bridgehead atoms. The number of hydrogen-bond acceptors (Lipinski definition) is 4. The molecule has 1 aromatic heterocycles. The third kappa shape index (κ3) is 5.08. The van der Waals surface area contributed by atoms with Crippen LogP contribution in [0.4, 0.5) is 5.69 Å². The van der Waals surface area contributed by atoms with Gasteiger partial charge in [-0.3, -0.25) is 14.9 Å². The van der Waals surface area contributed by atoms with E-state index in [4.69, 9.17) is 4.42 Å². The summed E-state index contributed by atoms with van der Waals surface area (Å²) in [5.41, 5.74) is 2.08. The van der Waals surface area contributed by atoms with Crippen molar-refractivity contribution in [1.82, 2.24) is 10.6 Å². The van der Waals surface area contributed by atoms with Crippen molar-refractivity contribution < 1.29 is 14.0 Å². The first-order valence-corrected chi connectivity index (χ1v) is 9.17. The van der Waals surface area contributed by atoms with E-state index in [1.165, 1.54) is 0 Å². The fourth-order valence-corrected chi connectivity index (χ4v) is 2.88. The van der Waals surface area contributed by atoms with Gasteiger partial charge in [0.15, 0.2) is 0 Å². The van der Waals surface area contributed by atoms with Crippen LogP contribution in [0.1, 0.15) is 34.6 Å². The van der Waals surface area contributed by atoms with Crippen molar-refractivity contribution in [2.45, 2.75) is 13.0 Å². The first-order valence-electron chi connectivity index (χ1n) is 9.17. The lowest BCUT2D eigenvalue weighted by atomic mass is 10.0. The van der Waals surface area contributed by atoms with Crippen LogP contribution in [0.5, 0.6) is 0 Å². The zero-order chi connectivity index (χ0) is 19.8. The lowest BCUT2D eigenvalue weighted by molar-refractivity contribution is -0.115. The molecule has 144 valence electrons. The number of benzene rings is 2. The van der Waals surface area contributed by atoms with Gasteiger partial charge in [-0.2, -0.15) is 0 Å². The summed E-state index contributed by atoms with van der Waals surface area (Å²) in [5, 5.41) is 8.79. The Kier molecular flexibility index (Phi) is 6.59. The van der Waals surface area contributed by atoms with E-state index in [9.17, 15) is 9.59 Å². The maximum Gasteiger partial charge on any atom is 0.251 e. The number of nitrogens with one attached hydrogen (secondary N) is 3. The Labute approximate surface area is 164 Å². The third-order valence-corrected chi connectivity index (χ3v) is 4.17. The van der Waals surface area contributed by atoms with Crippen LogP contribution in [0.15, 0.2) is 77.4 Å². The fourth-order valence-electron chi connectivity index (χ4n) is 2.88. The van der Waals surface area contributed by atoms with Gasteiger partial charge >= 0.3 is 0 Å². The molecule has 1 heterocycles. The van der Waals surface area contributed by atoms with Gasteiger partial charge in [0, 0.05) is 17.8 Å². The predicted molar refractivity (Wildman–Crippen MR) is 108 cm³/mol. The molecule has 0 radical (unpaired) electrons. The van der Waals surface area contributed by atoms with Gasteiger partial charge in [0.25, 0.3) is 5.91 Å². The van der Waals surface area contributed by atoms with Crippen LogP contribution in [0, 0.1) is 0 Å². The molecular weight excluding hydrogens is 354 g/mol. The van der Waals surface area contributed by atoms with E-state index in [1.807, 2.05) is 49.4 Å². The molecule has 0 saturated heterocycles. The smallest absolute Gasteiger partial charge is 0.251 e. The molecule has 6 heteroatoms. The summed E-state index contributed by atoms with van der Waals surface area (Å²) in [6.45, 7) is 2.50. The topological polar surface area (TPSA) is 83.4 Å². The average Bonchev–Trinajstić information content (AvgIpc) is 3.24. The second kappa shape index (κ2) is 9.53. The SMILES string of the molecule is CCNC(=O)c1cccc(NC(=O)CN[C@@H](c2ccccc2)c2ccco2)c1. The van der Waals surface area contributed by atoms with Crippen LogP contribution in [0.25, 0.3) is 0 Å². The highest BCUT2D eigenvalue weighted by molar-refractivity contribution is 5.97. The van der Waals surface area contributed by atoms with Gasteiger partial charge < -0.3 is 15.1 Å². The highest BCUT2D eigenvalue weighted by Crippen LogP contribution is 2.22. The number of carbonyl (C=O) groups excluding carboxylic acids is 2. The molecular formula is C22H23N3O3. The summed E-state index contributed by atoms with van der Waals surface area (Å²) in [4.78, 5) is 24.4. The van der Waals surface area contributed by atoms with E-state index in [2.05, 4.69) is 16.0 Å². The zero-order valence-corrected chi connectivity index (χ0v) is 15.6. The monoisotopic (exact) mass is 377 g/mol. The summed E-state index contributed by atoms with van der Waals surface area (Å²) in [5.74, 6) is 0.358. The molecule has 2 amide bonds. The third-order valence-electron chi connectivity index (χ3n) is 4.17. The highest BCUT2D eigenvalue weighted by Gasteiger charge is 2.17. The summed E-state index contributed by atoms with van der Waals surface area (Å²) in [6, 6.07) is 20.1. The van der Waals surface area contributed by atoms with Crippen LogP contribution >= 0.6 is 0 Å². The molecule has 3 N–H and O–H groups in total. The van der Waals surface area contributed by atoms with E-state index in [0.29, 0.717) is 17.8 Å². The number of carbonyl (C=O) groups is 2.